The molecule has 2 heteroatoms. The molecular formula is C15H22N2. The van der Waals surface area contributed by atoms with Crippen molar-refractivity contribution in [2.24, 2.45) is 0 Å². The van der Waals surface area contributed by atoms with Gasteiger partial charge in [-0.1, -0.05) is 43.9 Å². The number of nitrogens with one attached hydrogen (secondary N) is 1. The van der Waals surface area contributed by atoms with Crippen LogP contribution >= 0.6 is 0 Å². The van der Waals surface area contributed by atoms with Crippen LogP contribution in [0.15, 0.2) is 30.3 Å². The molecule has 0 saturated heterocycles. The molecule has 0 amide bonds. The maximum absolute atomic E-state index is 3.36. The molecule has 0 aliphatic rings. The Balaban J connectivity index is 2.39. The first-order valence-corrected chi connectivity index (χ1v) is 6.28. The van der Waals surface area contributed by atoms with Gasteiger partial charge in [-0.2, -0.15) is 0 Å². The molecule has 0 aliphatic carbocycles. The Labute approximate surface area is 105 Å². The van der Waals surface area contributed by atoms with Gasteiger partial charge in [-0.15, -0.1) is 0 Å². The number of anilines is 1. The summed E-state index contributed by atoms with van der Waals surface area (Å²) in [7, 11) is 0. The summed E-state index contributed by atoms with van der Waals surface area (Å²) in [6.07, 6.45) is 0. The van der Waals surface area contributed by atoms with Crippen LogP contribution in [0.1, 0.15) is 20.8 Å². The number of hydrogen-bond acceptors (Lipinski definition) is 2. The first kappa shape index (κ1) is 13.6. The van der Waals surface area contributed by atoms with E-state index in [1.807, 2.05) is 18.2 Å². The van der Waals surface area contributed by atoms with Crippen molar-refractivity contribution in [3.05, 3.63) is 30.3 Å². The number of nitrogens with zero attached hydrogens (tertiary/aromatic N) is 1. The summed E-state index contributed by atoms with van der Waals surface area (Å²) in [6, 6.07) is 10.4. The SMILES string of the molecule is CCN(CC)CC#CC(C)Nc1ccccc1. The van der Waals surface area contributed by atoms with E-state index in [0.717, 1.165) is 25.3 Å². The fourth-order valence-electron chi connectivity index (χ4n) is 1.58. The molecule has 0 aliphatic heterocycles. The van der Waals surface area contributed by atoms with E-state index in [1.54, 1.807) is 0 Å². The largest absolute Gasteiger partial charge is 0.372 e. The maximum Gasteiger partial charge on any atom is 0.0849 e. The zero-order valence-corrected chi connectivity index (χ0v) is 11.0. The molecule has 1 N–H and O–H groups in total. The molecule has 1 unspecified atom stereocenters. The minimum Gasteiger partial charge on any atom is -0.372 e. The summed E-state index contributed by atoms with van der Waals surface area (Å²) in [5.41, 5.74) is 1.12. The molecule has 17 heavy (non-hydrogen) atoms. The van der Waals surface area contributed by atoms with Crippen molar-refractivity contribution in [3.63, 3.8) is 0 Å². The summed E-state index contributed by atoms with van der Waals surface area (Å²) in [6.45, 7) is 9.39. The van der Waals surface area contributed by atoms with Gasteiger partial charge < -0.3 is 5.32 Å². The Bertz CT molecular complexity index is 358. The van der Waals surface area contributed by atoms with Gasteiger partial charge in [0.15, 0.2) is 0 Å². The predicted molar refractivity (Wildman–Crippen MR) is 75.1 cm³/mol. The van der Waals surface area contributed by atoms with Crippen molar-refractivity contribution in [2.75, 3.05) is 25.0 Å². The van der Waals surface area contributed by atoms with Crippen LogP contribution in [0.2, 0.25) is 0 Å². The van der Waals surface area contributed by atoms with E-state index in [4.69, 9.17) is 0 Å². The maximum atomic E-state index is 3.36. The van der Waals surface area contributed by atoms with Crippen LogP contribution in [0, 0.1) is 11.8 Å². The molecule has 1 atom stereocenters. The molecule has 0 spiro atoms. The van der Waals surface area contributed by atoms with E-state index in [-0.39, 0.29) is 6.04 Å². The number of benzene rings is 1. The van der Waals surface area contributed by atoms with Crippen LogP contribution in [0.4, 0.5) is 5.69 Å². The van der Waals surface area contributed by atoms with Crippen LogP contribution in [-0.2, 0) is 0 Å². The molecule has 92 valence electrons. The van der Waals surface area contributed by atoms with Gasteiger partial charge in [0, 0.05) is 5.69 Å². The quantitative estimate of drug-likeness (QED) is 0.782. The van der Waals surface area contributed by atoms with E-state index in [1.165, 1.54) is 0 Å². The minimum atomic E-state index is 0.188. The summed E-state index contributed by atoms with van der Waals surface area (Å²) in [4.78, 5) is 2.31. The van der Waals surface area contributed by atoms with Gasteiger partial charge in [0.2, 0.25) is 0 Å². The third kappa shape index (κ3) is 5.42. The lowest BCUT2D eigenvalue weighted by Gasteiger charge is -2.14. The molecule has 0 fully saturated rings. The average molecular weight is 230 g/mol. The molecule has 0 radical (unpaired) electrons. The third-order valence-corrected chi connectivity index (χ3v) is 2.67. The van der Waals surface area contributed by atoms with Crippen molar-refractivity contribution in [1.29, 1.82) is 0 Å². The zero-order valence-electron chi connectivity index (χ0n) is 11.0. The van der Waals surface area contributed by atoms with Crippen LogP contribution in [0.25, 0.3) is 0 Å². The average Bonchev–Trinajstić information content (AvgIpc) is 2.36. The lowest BCUT2D eigenvalue weighted by molar-refractivity contribution is 0.342. The minimum absolute atomic E-state index is 0.188. The lowest BCUT2D eigenvalue weighted by Crippen LogP contribution is -2.23. The highest BCUT2D eigenvalue weighted by Gasteiger charge is 1.97. The lowest BCUT2D eigenvalue weighted by atomic mass is 10.2. The fraction of sp³-hybridized carbons (Fsp3) is 0.467. The van der Waals surface area contributed by atoms with Crippen molar-refractivity contribution in [3.8, 4) is 11.8 Å². The Kier molecular flexibility index (Phi) is 6.21. The second-order valence-corrected chi connectivity index (χ2v) is 4.01. The molecule has 2 nitrogen and oxygen atoms in total. The molecule has 1 aromatic rings. The van der Waals surface area contributed by atoms with E-state index >= 15 is 0 Å². The Morgan fingerprint density at radius 2 is 1.82 bits per heavy atom. The molecule has 1 rings (SSSR count). The molecular weight excluding hydrogens is 208 g/mol. The van der Waals surface area contributed by atoms with Gasteiger partial charge in [-0.05, 0) is 32.1 Å². The van der Waals surface area contributed by atoms with E-state index < -0.39 is 0 Å². The van der Waals surface area contributed by atoms with Crippen molar-refractivity contribution >= 4 is 5.69 Å². The second kappa shape index (κ2) is 7.76. The zero-order chi connectivity index (χ0) is 12.5. The van der Waals surface area contributed by atoms with Crippen molar-refractivity contribution in [2.45, 2.75) is 26.8 Å². The van der Waals surface area contributed by atoms with E-state index in [9.17, 15) is 0 Å². The molecule has 0 aromatic heterocycles. The highest BCUT2D eigenvalue weighted by atomic mass is 15.1. The van der Waals surface area contributed by atoms with Crippen molar-refractivity contribution in [1.82, 2.24) is 4.90 Å². The third-order valence-electron chi connectivity index (χ3n) is 2.67. The number of para-hydroxylation sites is 1. The first-order valence-electron chi connectivity index (χ1n) is 6.28. The topological polar surface area (TPSA) is 15.3 Å². The van der Waals surface area contributed by atoms with Gasteiger partial charge in [-0.3, -0.25) is 4.90 Å². The van der Waals surface area contributed by atoms with Crippen LogP contribution in [0.3, 0.4) is 0 Å². The van der Waals surface area contributed by atoms with Crippen LogP contribution < -0.4 is 5.32 Å². The van der Waals surface area contributed by atoms with Gasteiger partial charge in [0.1, 0.15) is 0 Å². The van der Waals surface area contributed by atoms with Gasteiger partial charge in [-0.25, -0.2) is 0 Å². The standard InChI is InChI=1S/C15H22N2/c1-4-17(5-2)13-9-10-14(3)16-15-11-7-6-8-12-15/h6-8,11-12,14,16H,4-5,13H2,1-3H3. The molecule has 0 heterocycles. The highest BCUT2D eigenvalue weighted by Crippen LogP contribution is 2.06. The molecule has 1 aromatic carbocycles. The van der Waals surface area contributed by atoms with Crippen molar-refractivity contribution < 1.29 is 0 Å². The molecule has 0 bridgehead atoms. The summed E-state index contributed by atoms with van der Waals surface area (Å²) < 4.78 is 0. The van der Waals surface area contributed by atoms with E-state index in [2.05, 4.69) is 55.0 Å². The van der Waals surface area contributed by atoms with Gasteiger partial charge in [0.05, 0.1) is 12.6 Å². The first-order chi connectivity index (χ1) is 8.26. The Morgan fingerprint density at radius 1 is 1.18 bits per heavy atom. The predicted octanol–water partition coefficient (Wildman–Crippen LogP) is 2.83. The number of hydrogen-bond donors (Lipinski definition) is 1. The highest BCUT2D eigenvalue weighted by molar-refractivity contribution is 5.44. The van der Waals surface area contributed by atoms with Gasteiger partial charge >= 0.3 is 0 Å². The second-order valence-electron chi connectivity index (χ2n) is 4.01. The Morgan fingerprint density at radius 3 is 2.41 bits per heavy atom. The summed E-state index contributed by atoms with van der Waals surface area (Å²) in [5.74, 6) is 6.45. The smallest absolute Gasteiger partial charge is 0.0849 e. The van der Waals surface area contributed by atoms with Crippen LogP contribution in [0.5, 0.6) is 0 Å². The normalized spacial score (nSPS) is 11.8. The summed E-state index contributed by atoms with van der Waals surface area (Å²) >= 11 is 0. The Hall–Kier alpha value is -1.46. The number of rotatable bonds is 5. The van der Waals surface area contributed by atoms with Crippen LogP contribution in [-0.4, -0.2) is 30.6 Å². The molecule has 0 saturated carbocycles. The van der Waals surface area contributed by atoms with E-state index in [0.29, 0.717) is 0 Å². The monoisotopic (exact) mass is 230 g/mol. The fourth-order valence-corrected chi connectivity index (χ4v) is 1.58. The van der Waals surface area contributed by atoms with Gasteiger partial charge in [0.25, 0.3) is 0 Å². The summed E-state index contributed by atoms with van der Waals surface area (Å²) in [5, 5.41) is 3.36.